The summed E-state index contributed by atoms with van der Waals surface area (Å²) in [6.45, 7) is 0. The molecule has 0 aromatic heterocycles. The molecule has 1 rings (SSSR count). The summed E-state index contributed by atoms with van der Waals surface area (Å²) in [6.07, 6.45) is -17.6. The summed E-state index contributed by atoms with van der Waals surface area (Å²) in [5.41, 5.74) is -9.90. The minimum atomic E-state index is -6.12. The van der Waals surface area contributed by atoms with Crippen molar-refractivity contribution in [3.63, 3.8) is 0 Å². The van der Waals surface area contributed by atoms with E-state index < -0.39 is 56.7 Å². The highest BCUT2D eigenvalue weighted by Gasteiger charge is 2.53. The van der Waals surface area contributed by atoms with E-state index in [1.807, 2.05) is 5.10 Å². The number of hydrazone groups is 1. The number of nitrogens with zero attached hydrogens (tertiary/aromatic N) is 3. The van der Waals surface area contributed by atoms with Crippen molar-refractivity contribution in [2.24, 2.45) is 5.10 Å². The Bertz CT molecular complexity index is 746. The van der Waals surface area contributed by atoms with Crippen LogP contribution in [-0.4, -0.2) is 27.9 Å². The normalized spacial score (nSPS) is 12.5. The molecule has 0 bridgehead atoms. The molecule has 0 heterocycles. The third-order valence-corrected chi connectivity index (χ3v) is 2.63. The van der Waals surface area contributed by atoms with Crippen molar-refractivity contribution in [2.45, 2.75) is 18.5 Å². The number of rotatable bonds is 4. The predicted molar refractivity (Wildman–Crippen MR) is 67.9 cm³/mol. The molecule has 1 aromatic rings. The second kappa shape index (κ2) is 6.88. The monoisotopic (exact) mass is 414 g/mol. The molecule has 8 nitrogen and oxygen atoms in total. The maximum Gasteiger partial charge on any atom is 0.440 e. The smallest absolute Gasteiger partial charge is 0.265 e. The molecule has 1 N–H and O–H groups in total. The number of hydrogen-bond donors (Lipinski definition) is 1. The molecule has 0 aliphatic carbocycles. The van der Waals surface area contributed by atoms with Gasteiger partial charge in [-0.3, -0.25) is 25.7 Å². The Morgan fingerprint density at radius 1 is 0.852 bits per heavy atom. The van der Waals surface area contributed by atoms with Gasteiger partial charge in [0, 0.05) is 12.1 Å². The van der Waals surface area contributed by atoms with Crippen molar-refractivity contribution in [1.82, 2.24) is 0 Å². The fourth-order valence-corrected chi connectivity index (χ4v) is 1.58. The number of nitrogens with one attached hydrogen (secondary N) is 1. The molecule has 27 heavy (non-hydrogen) atoms. The number of nitro groups is 2. The van der Waals surface area contributed by atoms with Crippen molar-refractivity contribution in [1.29, 1.82) is 0 Å². The van der Waals surface area contributed by atoms with Crippen LogP contribution in [0.2, 0.25) is 0 Å². The van der Waals surface area contributed by atoms with Gasteiger partial charge in [0.25, 0.3) is 0 Å². The fourth-order valence-electron chi connectivity index (χ4n) is 1.58. The molecule has 0 atom stereocenters. The summed E-state index contributed by atoms with van der Waals surface area (Å²) in [5.74, 6) is 0. The molecule has 17 heteroatoms. The molecular weight excluding hydrogens is 411 g/mol. The summed E-state index contributed by atoms with van der Waals surface area (Å²) < 4.78 is 112. The van der Waals surface area contributed by atoms with Gasteiger partial charge in [-0.1, -0.05) is 0 Å². The molecule has 0 amide bonds. The van der Waals surface area contributed by atoms with Crippen molar-refractivity contribution < 1.29 is 49.4 Å². The van der Waals surface area contributed by atoms with E-state index in [1.54, 1.807) is 0 Å². The number of anilines is 1. The molecular formula is C10H3F9N4O4. The Labute approximate surface area is 140 Å². The average molecular weight is 414 g/mol. The van der Waals surface area contributed by atoms with Gasteiger partial charge in [0.1, 0.15) is 0 Å². The lowest BCUT2D eigenvalue weighted by molar-refractivity contribution is -0.392. The SMILES string of the molecule is O=[N+]([O-])c1cc(C(F)(F)F)cc([N+](=O)[O-])c1NN=C(C(F)(F)F)C(F)(F)F. The van der Waals surface area contributed by atoms with Crippen LogP contribution in [0.1, 0.15) is 5.56 Å². The summed E-state index contributed by atoms with van der Waals surface area (Å²) in [7, 11) is 0. The highest BCUT2D eigenvalue weighted by atomic mass is 19.4. The van der Waals surface area contributed by atoms with Crippen LogP contribution in [-0.2, 0) is 6.18 Å². The lowest BCUT2D eigenvalue weighted by atomic mass is 10.1. The van der Waals surface area contributed by atoms with E-state index in [-0.39, 0.29) is 12.1 Å². The van der Waals surface area contributed by atoms with Crippen LogP contribution < -0.4 is 5.43 Å². The molecule has 0 saturated carbocycles. The van der Waals surface area contributed by atoms with Crippen LogP contribution in [0.5, 0.6) is 0 Å². The van der Waals surface area contributed by atoms with E-state index in [4.69, 9.17) is 0 Å². The van der Waals surface area contributed by atoms with E-state index in [2.05, 4.69) is 0 Å². The van der Waals surface area contributed by atoms with Crippen LogP contribution in [0.15, 0.2) is 17.2 Å². The van der Waals surface area contributed by atoms with Gasteiger partial charge in [-0.05, 0) is 0 Å². The summed E-state index contributed by atoms with van der Waals surface area (Å²) in [5, 5.41) is 23.4. The van der Waals surface area contributed by atoms with Gasteiger partial charge in [0.15, 0.2) is 0 Å². The lowest BCUT2D eigenvalue weighted by Gasteiger charge is -2.14. The van der Waals surface area contributed by atoms with Gasteiger partial charge in [-0.2, -0.15) is 44.6 Å². The molecule has 0 fully saturated rings. The van der Waals surface area contributed by atoms with Crippen molar-refractivity contribution >= 4 is 22.8 Å². The number of hydrogen-bond acceptors (Lipinski definition) is 6. The Morgan fingerprint density at radius 2 is 1.22 bits per heavy atom. The van der Waals surface area contributed by atoms with Crippen molar-refractivity contribution in [2.75, 3.05) is 5.43 Å². The molecule has 0 saturated heterocycles. The lowest BCUT2D eigenvalue weighted by Crippen LogP contribution is -2.37. The first-order valence-corrected chi connectivity index (χ1v) is 5.98. The quantitative estimate of drug-likeness (QED) is 0.340. The average Bonchev–Trinajstić information content (AvgIpc) is 2.42. The molecule has 0 aliphatic rings. The van der Waals surface area contributed by atoms with Gasteiger partial charge < -0.3 is 0 Å². The van der Waals surface area contributed by atoms with Crippen LogP contribution in [0.25, 0.3) is 0 Å². The highest BCUT2D eigenvalue weighted by molar-refractivity contribution is 5.95. The van der Waals surface area contributed by atoms with Gasteiger partial charge >= 0.3 is 29.9 Å². The van der Waals surface area contributed by atoms with E-state index >= 15 is 0 Å². The molecule has 0 spiro atoms. The van der Waals surface area contributed by atoms with E-state index in [0.717, 1.165) is 5.43 Å². The van der Waals surface area contributed by atoms with Gasteiger partial charge in [-0.15, -0.1) is 0 Å². The van der Waals surface area contributed by atoms with Crippen molar-refractivity contribution in [3.8, 4) is 0 Å². The fraction of sp³-hybridized carbons (Fsp3) is 0.300. The zero-order chi connectivity index (χ0) is 21.4. The summed E-state index contributed by atoms with van der Waals surface area (Å²) >= 11 is 0. The predicted octanol–water partition coefficient (Wildman–Crippen LogP) is 4.41. The van der Waals surface area contributed by atoms with Crippen LogP contribution in [0, 0.1) is 20.2 Å². The number of benzene rings is 1. The molecule has 0 radical (unpaired) electrons. The maximum atomic E-state index is 12.6. The van der Waals surface area contributed by atoms with Crippen LogP contribution in [0.4, 0.5) is 56.6 Å². The Kier molecular flexibility index (Phi) is 5.58. The molecule has 0 aliphatic heterocycles. The molecule has 1 aromatic carbocycles. The van der Waals surface area contributed by atoms with Gasteiger partial charge in [0.05, 0.1) is 15.4 Å². The summed E-state index contributed by atoms with van der Waals surface area (Å²) in [4.78, 5) is 18.2. The van der Waals surface area contributed by atoms with E-state index in [9.17, 15) is 59.7 Å². The van der Waals surface area contributed by atoms with E-state index in [1.165, 1.54) is 0 Å². The highest BCUT2D eigenvalue weighted by Crippen LogP contribution is 2.41. The Morgan fingerprint density at radius 3 is 1.48 bits per heavy atom. The molecule has 0 unspecified atom stereocenters. The second-order valence-corrected chi connectivity index (χ2v) is 4.47. The third kappa shape index (κ3) is 5.17. The maximum absolute atomic E-state index is 12.6. The van der Waals surface area contributed by atoms with Crippen LogP contribution in [0.3, 0.4) is 0 Å². The largest absolute Gasteiger partial charge is 0.440 e. The first kappa shape index (κ1) is 21.9. The van der Waals surface area contributed by atoms with Gasteiger partial charge in [0.2, 0.25) is 11.4 Å². The first-order chi connectivity index (χ1) is 12.0. The number of halogens is 9. The zero-order valence-corrected chi connectivity index (χ0v) is 12.0. The zero-order valence-electron chi connectivity index (χ0n) is 12.0. The third-order valence-electron chi connectivity index (χ3n) is 2.63. The minimum Gasteiger partial charge on any atom is -0.265 e. The van der Waals surface area contributed by atoms with Crippen LogP contribution >= 0.6 is 0 Å². The van der Waals surface area contributed by atoms with Gasteiger partial charge in [-0.25, -0.2) is 0 Å². The minimum absolute atomic E-state index is 0.314. The van der Waals surface area contributed by atoms with E-state index in [0.29, 0.717) is 0 Å². The topological polar surface area (TPSA) is 111 Å². The first-order valence-electron chi connectivity index (χ1n) is 5.98. The Balaban J connectivity index is 3.70. The standard InChI is InChI=1S/C10H3F9N4O4/c11-8(12,13)3-1-4(22(24)25)6(5(2-3)23(26)27)20-21-7(9(14,15)16)10(17,18)19/h1-2,20H. The number of alkyl halides is 9. The second-order valence-electron chi connectivity index (χ2n) is 4.47. The number of nitro benzene ring substituents is 2. The Hall–Kier alpha value is -3.14. The van der Waals surface area contributed by atoms with Crippen molar-refractivity contribution in [3.05, 3.63) is 37.9 Å². The summed E-state index contributed by atoms with van der Waals surface area (Å²) in [6, 6.07) is -0.628. The molecule has 150 valence electrons.